The lowest BCUT2D eigenvalue weighted by atomic mass is 10.2. The standard InChI is InChI=1S/C10H15N4O6P/c1-2-21(17,18)19-4-6-3-7(15)10(20-6)14-5-12-9(13-14)8(11)16/h2,5-7,10,15H,1,3-4H2,(H2,11,16)(H,17,18)/t6-,7+,10+/m0/s1. The molecule has 1 aromatic heterocycles. The van der Waals surface area contributed by atoms with Crippen LogP contribution in [-0.4, -0.2) is 49.5 Å². The highest BCUT2D eigenvalue weighted by Crippen LogP contribution is 2.43. The van der Waals surface area contributed by atoms with E-state index in [0.717, 1.165) is 10.5 Å². The molecule has 4 N–H and O–H groups in total. The summed E-state index contributed by atoms with van der Waals surface area (Å²) in [5.41, 5.74) is 5.03. The number of nitrogens with two attached hydrogens (primary N) is 1. The van der Waals surface area contributed by atoms with Crippen molar-refractivity contribution in [3.8, 4) is 0 Å². The van der Waals surface area contributed by atoms with Gasteiger partial charge in [0.25, 0.3) is 5.91 Å². The van der Waals surface area contributed by atoms with Crippen LogP contribution in [0.3, 0.4) is 0 Å². The summed E-state index contributed by atoms with van der Waals surface area (Å²) >= 11 is 0. The largest absolute Gasteiger partial charge is 0.388 e. The molecule has 0 spiro atoms. The molecule has 10 nitrogen and oxygen atoms in total. The van der Waals surface area contributed by atoms with Gasteiger partial charge in [-0.1, -0.05) is 6.58 Å². The average Bonchev–Trinajstić information content (AvgIpc) is 3.03. The van der Waals surface area contributed by atoms with Gasteiger partial charge in [-0.2, -0.15) is 0 Å². The zero-order valence-electron chi connectivity index (χ0n) is 10.9. The van der Waals surface area contributed by atoms with Crippen LogP contribution in [0, 0.1) is 0 Å². The quantitative estimate of drug-likeness (QED) is 0.587. The zero-order chi connectivity index (χ0) is 15.6. The Morgan fingerprint density at radius 2 is 2.48 bits per heavy atom. The van der Waals surface area contributed by atoms with Gasteiger partial charge in [0.2, 0.25) is 5.82 Å². The molecule has 1 fully saturated rings. The summed E-state index contributed by atoms with van der Waals surface area (Å²) in [6, 6.07) is 0. The third-order valence-corrected chi connectivity index (χ3v) is 3.81. The van der Waals surface area contributed by atoms with E-state index >= 15 is 0 Å². The monoisotopic (exact) mass is 318 g/mol. The molecule has 0 aliphatic carbocycles. The fourth-order valence-electron chi connectivity index (χ4n) is 1.83. The predicted octanol–water partition coefficient (Wildman–Crippen LogP) is -0.629. The normalized spacial score (nSPS) is 28.2. The summed E-state index contributed by atoms with van der Waals surface area (Å²) in [5.74, 6) is -0.183. The van der Waals surface area contributed by atoms with E-state index in [1.54, 1.807) is 0 Å². The minimum atomic E-state index is -3.84. The lowest BCUT2D eigenvalue weighted by molar-refractivity contribution is -0.0550. The molecule has 116 valence electrons. The minimum Gasteiger partial charge on any atom is -0.388 e. The molecule has 0 radical (unpaired) electrons. The van der Waals surface area contributed by atoms with Crippen molar-refractivity contribution in [1.82, 2.24) is 14.8 Å². The van der Waals surface area contributed by atoms with Crippen molar-refractivity contribution in [2.75, 3.05) is 6.61 Å². The molecule has 0 aromatic carbocycles. The fraction of sp³-hybridized carbons (Fsp3) is 0.500. The molecule has 0 bridgehead atoms. The van der Waals surface area contributed by atoms with Crippen molar-refractivity contribution >= 4 is 13.5 Å². The van der Waals surface area contributed by atoms with Crippen LogP contribution < -0.4 is 5.73 Å². The Morgan fingerprint density at radius 1 is 1.76 bits per heavy atom. The molecule has 1 aromatic rings. The molecule has 21 heavy (non-hydrogen) atoms. The number of aromatic nitrogens is 3. The Balaban J connectivity index is 1.99. The van der Waals surface area contributed by atoms with Gasteiger partial charge in [-0.3, -0.25) is 9.36 Å². The van der Waals surface area contributed by atoms with Crippen LogP contribution in [0.2, 0.25) is 0 Å². The van der Waals surface area contributed by atoms with E-state index in [2.05, 4.69) is 16.7 Å². The molecule has 2 heterocycles. The molecule has 4 atom stereocenters. The van der Waals surface area contributed by atoms with E-state index in [9.17, 15) is 19.4 Å². The minimum absolute atomic E-state index is 0.174. The van der Waals surface area contributed by atoms with E-state index < -0.39 is 31.9 Å². The molecule has 2 rings (SSSR count). The fourth-order valence-corrected chi connectivity index (χ4v) is 2.31. The number of rotatable bonds is 6. The molecule has 11 heteroatoms. The number of hydrogen-bond donors (Lipinski definition) is 3. The third kappa shape index (κ3) is 3.74. The molecule has 0 saturated carbocycles. The van der Waals surface area contributed by atoms with Crippen molar-refractivity contribution in [2.45, 2.75) is 24.9 Å². The van der Waals surface area contributed by atoms with Gasteiger partial charge in [-0.25, -0.2) is 9.67 Å². The van der Waals surface area contributed by atoms with Crippen molar-refractivity contribution in [3.05, 3.63) is 24.5 Å². The smallest absolute Gasteiger partial charge is 0.351 e. The summed E-state index contributed by atoms with van der Waals surface area (Å²) in [6.45, 7) is 2.99. The van der Waals surface area contributed by atoms with Crippen molar-refractivity contribution in [1.29, 1.82) is 0 Å². The second-order valence-corrected chi connectivity index (χ2v) is 6.16. The first-order chi connectivity index (χ1) is 9.82. The highest BCUT2D eigenvalue weighted by Gasteiger charge is 2.37. The van der Waals surface area contributed by atoms with Crippen LogP contribution in [0.1, 0.15) is 23.3 Å². The number of aliphatic hydroxyl groups excluding tert-OH is 1. The number of carbonyl (C=O) groups excluding carboxylic acids is 1. The van der Waals surface area contributed by atoms with Crippen molar-refractivity contribution in [2.24, 2.45) is 5.73 Å². The number of hydrogen-bond acceptors (Lipinski definition) is 7. The van der Waals surface area contributed by atoms with Gasteiger partial charge < -0.3 is 25.0 Å². The molecule has 1 aliphatic rings. The summed E-state index contributed by atoms with van der Waals surface area (Å²) in [5, 5.41) is 13.7. The first-order valence-electron chi connectivity index (χ1n) is 5.97. The van der Waals surface area contributed by atoms with Crippen molar-refractivity contribution in [3.63, 3.8) is 0 Å². The first kappa shape index (κ1) is 15.8. The summed E-state index contributed by atoms with van der Waals surface area (Å²) in [7, 11) is -3.84. The molecular weight excluding hydrogens is 303 g/mol. The van der Waals surface area contributed by atoms with Crippen LogP contribution in [0.15, 0.2) is 18.7 Å². The van der Waals surface area contributed by atoms with Crippen LogP contribution in [0.5, 0.6) is 0 Å². The number of primary amides is 1. The van der Waals surface area contributed by atoms with Gasteiger partial charge in [0.05, 0.1) is 12.7 Å². The lowest BCUT2D eigenvalue weighted by Gasteiger charge is -2.15. The van der Waals surface area contributed by atoms with Crippen LogP contribution >= 0.6 is 7.60 Å². The van der Waals surface area contributed by atoms with Crippen LogP contribution in [0.25, 0.3) is 0 Å². The number of aliphatic hydroxyl groups is 1. The predicted molar refractivity (Wildman–Crippen MR) is 69.0 cm³/mol. The molecule has 1 amide bonds. The molecule has 1 unspecified atom stereocenters. The van der Waals surface area contributed by atoms with E-state index in [1.807, 2.05) is 0 Å². The number of carbonyl (C=O) groups is 1. The van der Waals surface area contributed by atoms with Crippen LogP contribution in [0.4, 0.5) is 0 Å². The van der Waals surface area contributed by atoms with E-state index in [-0.39, 0.29) is 18.9 Å². The van der Waals surface area contributed by atoms with E-state index in [1.165, 1.54) is 6.33 Å². The molecule has 1 aliphatic heterocycles. The van der Waals surface area contributed by atoms with E-state index in [0.29, 0.717) is 0 Å². The number of amides is 1. The Morgan fingerprint density at radius 3 is 3.05 bits per heavy atom. The Labute approximate surface area is 119 Å². The lowest BCUT2D eigenvalue weighted by Crippen LogP contribution is -2.21. The summed E-state index contributed by atoms with van der Waals surface area (Å²) in [6.07, 6.45) is -1.03. The van der Waals surface area contributed by atoms with Gasteiger partial charge in [-0.05, 0) is 0 Å². The summed E-state index contributed by atoms with van der Waals surface area (Å²) in [4.78, 5) is 23.8. The Hall–Kier alpha value is -1.58. The number of ether oxygens (including phenoxy) is 1. The van der Waals surface area contributed by atoms with E-state index in [4.69, 9.17) is 15.0 Å². The molecule has 1 saturated heterocycles. The van der Waals surface area contributed by atoms with Gasteiger partial charge in [0.15, 0.2) is 6.23 Å². The second kappa shape index (κ2) is 6.04. The maximum absolute atomic E-state index is 11.3. The SMILES string of the molecule is C=CP(=O)(O)OC[C@@H]1C[C@@H](O)[C@H](n2cnc(C(N)=O)n2)O1. The first-order valence-corrected chi connectivity index (χ1v) is 7.62. The second-order valence-electron chi connectivity index (χ2n) is 4.41. The average molecular weight is 318 g/mol. The highest BCUT2D eigenvalue weighted by molar-refractivity contribution is 7.56. The topological polar surface area (TPSA) is 150 Å². The third-order valence-electron chi connectivity index (χ3n) is 2.83. The highest BCUT2D eigenvalue weighted by atomic mass is 31.2. The molecular formula is C10H15N4O6P. The van der Waals surface area contributed by atoms with Crippen molar-refractivity contribution < 1.29 is 28.6 Å². The Bertz CT molecular complexity index is 590. The van der Waals surface area contributed by atoms with Gasteiger partial charge in [0.1, 0.15) is 12.4 Å². The maximum Gasteiger partial charge on any atom is 0.351 e. The zero-order valence-corrected chi connectivity index (χ0v) is 11.8. The van der Waals surface area contributed by atoms with Gasteiger partial charge in [-0.15, -0.1) is 5.10 Å². The Kier molecular flexibility index (Phi) is 4.55. The van der Waals surface area contributed by atoms with Gasteiger partial charge >= 0.3 is 7.60 Å². The maximum atomic E-state index is 11.3. The number of nitrogens with zero attached hydrogens (tertiary/aromatic N) is 3. The summed E-state index contributed by atoms with van der Waals surface area (Å²) < 4.78 is 22.7. The van der Waals surface area contributed by atoms with Gasteiger partial charge in [0, 0.05) is 12.2 Å². The van der Waals surface area contributed by atoms with Crippen LogP contribution in [-0.2, 0) is 13.8 Å².